The number of halogens is 1. The fourth-order valence-corrected chi connectivity index (χ4v) is 5.01. The lowest BCUT2D eigenvalue weighted by atomic mass is 10.1. The lowest BCUT2D eigenvalue weighted by Gasteiger charge is -2.19. The van der Waals surface area contributed by atoms with E-state index in [0.29, 0.717) is 19.6 Å². The number of benzene rings is 2. The van der Waals surface area contributed by atoms with E-state index >= 15 is 0 Å². The van der Waals surface area contributed by atoms with Crippen LogP contribution in [0, 0.1) is 5.41 Å². The van der Waals surface area contributed by atoms with Gasteiger partial charge in [0.2, 0.25) is 10.0 Å². The Morgan fingerprint density at radius 1 is 1.04 bits per heavy atom. The highest BCUT2D eigenvalue weighted by molar-refractivity contribution is 7.89. The Hall–Kier alpha value is -2.23. The normalized spacial score (nSPS) is 16.6. The van der Waals surface area contributed by atoms with Crippen LogP contribution in [0.3, 0.4) is 0 Å². The Morgan fingerprint density at radius 2 is 1.75 bits per heavy atom. The molecule has 1 fully saturated rings. The highest BCUT2D eigenvalue weighted by Crippen LogP contribution is 2.23. The van der Waals surface area contributed by atoms with Gasteiger partial charge in [0, 0.05) is 24.2 Å². The summed E-state index contributed by atoms with van der Waals surface area (Å²) >= 11 is 0. The van der Waals surface area contributed by atoms with Gasteiger partial charge in [-0.2, -0.15) is 4.31 Å². The van der Waals surface area contributed by atoms with Crippen LogP contribution in [0.25, 0.3) is 0 Å². The minimum atomic E-state index is -3.58. The SMILES string of the molecule is N=C1c2ccccc2CN1NC(=O)c1cccc(S(=O)(=O)N2CCCC2)c1.[Br-]. The molecule has 0 unspecified atom stereocenters. The van der Waals surface area contributed by atoms with Crippen molar-refractivity contribution in [1.82, 2.24) is 14.7 Å². The molecule has 1 amide bonds. The molecule has 9 heteroatoms. The summed E-state index contributed by atoms with van der Waals surface area (Å²) in [5, 5.41) is 9.67. The molecule has 2 heterocycles. The van der Waals surface area contributed by atoms with Gasteiger partial charge in [0.25, 0.3) is 5.91 Å². The predicted octanol–water partition coefficient (Wildman–Crippen LogP) is -1.04. The third-order valence-corrected chi connectivity index (χ3v) is 6.80. The molecule has 7 nitrogen and oxygen atoms in total. The molecule has 0 atom stereocenters. The first-order chi connectivity index (χ1) is 13.0. The first kappa shape index (κ1) is 20.5. The summed E-state index contributed by atoms with van der Waals surface area (Å²) in [5.41, 5.74) is 4.70. The minimum absolute atomic E-state index is 0. The second-order valence-electron chi connectivity index (χ2n) is 6.67. The van der Waals surface area contributed by atoms with Gasteiger partial charge in [0.15, 0.2) is 0 Å². The molecule has 2 aliphatic heterocycles. The van der Waals surface area contributed by atoms with Crippen molar-refractivity contribution in [2.75, 3.05) is 13.1 Å². The third kappa shape index (κ3) is 3.69. The smallest absolute Gasteiger partial charge is 0.269 e. The largest absolute Gasteiger partial charge is 1.00 e. The lowest BCUT2D eigenvalue weighted by Crippen LogP contribution is -3.00. The molecule has 4 rings (SSSR count). The van der Waals surface area contributed by atoms with Crippen LogP contribution in [0.2, 0.25) is 0 Å². The van der Waals surface area contributed by atoms with E-state index in [-0.39, 0.29) is 33.3 Å². The average Bonchev–Trinajstić information content (AvgIpc) is 3.32. The Morgan fingerprint density at radius 3 is 2.46 bits per heavy atom. The van der Waals surface area contributed by atoms with Crippen LogP contribution in [-0.2, 0) is 16.6 Å². The number of nitrogens with zero attached hydrogens (tertiary/aromatic N) is 2. The first-order valence-corrected chi connectivity index (χ1v) is 10.3. The number of carbonyl (C=O) groups is 1. The zero-order valence-electron chi connectivity index (χ0n) is 15.1. The number of sulfonamides is 1. The van der Waals surface area contributed by atoms with Gasteiger partial charge in [0.05, 0.1) is 11.4 Å². The number of nitrogens with one attached hydrogen (secondary N) is 2. The molecular formula is C19H20BrN4O3S-. The fourth-order valence-electron chi connectivity index (χ4n) is 3.44. The maximum Gasteiger partial charge on any atom is 0.269 e. The zero-order valence-corrected chi connectivity index (χ0v) is 17.5. The molecule has 2 aromatic carbocycles. The number of amidine groups is 1. The quantitative estimate of drug-likeness (QED) is 0.605. The lowest BCUT2D eigenvalue weighted by molar-refractivity contribution is -0.0000170. The second kappa shape index (κ2) is 8.02. The van der Waals surface area contributed by atoms with E-state index in [1.54, 1.807) is 12.1 Å². The minimum Gasteiger partial charge on any atom is -1.00 e. The molecule has 0 spiro atoms. The Balaban J connectivity index is 0.00000225. The van der Waals surface area contributed by atoms with Crippen LogP contribution in [0.15, 0.2) is 53.4 Å². The van der Waals surface area contributed by atoms with Gasteiger partial charge in [-0.05, 0) is 36.6 Å². The van der Waals surface area contributed by atoms with Crippen LogP contribution in [0.1, 0.15) is 34.3 Å². The molecule has 28 heavy (non-hydrogen) atoms. The van der Waals surface area contributed by atoms with E-state index < -0.39 is 15.9 Å². The molecule has 1 saturated heterocycles. The van der Waals surface area contributed by atoms with E-state index in [1.807, 2.05) is 24.3 Å². The van der Waals surface area contributed by atoms with Crippen molar-refractivity contribution in [2.45, 2.75) is 24.3 Å². The zero-order chi connectivity index (χ0) is 19.0. The number of hydrogen-bond acceptors (Lipinski definition) is 4. The number of hydrazine groups is 1. The molecule has 0 radical (unpaired) electrons. The third-order valence-electron chi connectivity index (χ3n) is 4.91. The molecule has 2 N–H and O–H groups in total. The van der Waals surface area contributed by atoms with Gasteiger partial charge in [-0.1, -0.05) is 30.3 Å². The van der Waals surface area contributed by atoms with Gasteiger partial charge in [-0.25, -0.2) is 8.42 Å². The Bertz CT molecular complexity index is 1020. The van der Waals surface area contributed by atoms with E-state index in [9.17, 15) is 13.2 Å². The maximum absolute atomic E-state index is 12.7. The fraction of sp³-hybridized carbons (Fsp3) is 0.263. The van der Waals surface area contributed by atoms with Gasteiger partial charge >= 0.3 is 0 Å². The van der Waals surface area contributed by atoms with Gasteiger partial charge < -0.3 is 17.0 Å². The van der Waals surface area contributed by atoms with Crippen molar-refractivity contribution >= 4 is 21.8 Å². The van der Waals surface area contributed by atoms with E-state index in [2.05, 4.69) is 5.43 Å². The molecular weight excluding hydrogens is 444 g/mol. The van der Waals surface area contributed by atoms with Crippen LogP contribution in [0.4, 0.5) is 0 Å². The van der Waals surface area contributed by atoms with E-state index in [4.69, 9.17) is 5.41 Å². The van der Waals surface area contributed by atoms with Gasteiger partial charge in [-0.3, -0.25) is 20.6 Å². The second-order valence-corrected chi connectivity index (χ2v) is 8.61. The van der Waals surface area contributed by atoms with Crippen LogP contribution in [-0.4, -0.2) is 42.6 Å². The summed E-state index contributed by atoms with van der Waals surface area (Å²) in [6.07, 6.45) is 1.72. The van der Waals surface area contributed by atoms with Crippen LogP contribution in [0.5, 0.6) is 0 Å². The van der Waals surface area contributed by atoms with Crippen molar-refractivity contribution in [3.8, 4) is 0 Å². The maximum atomic E-state index is 12.7. The first-order valence-electron chi connectivity index (χ1n) is 8.82. The number of amides is 1. The highest BCUT2D eigenvalue weighted by Gasteiger charge is 2.29. The summed E-state index contributed by atoms with van der Waals surface area (Å²) in [5.74, 6) is -0.217. The standard InChI is InChI=1S/C19H20N4O3S.BrH/c20-18-17-9-2-1-6-15(17)13-23(18)21-19(24)14-7-5-8-16(12-14)27(25,26)22-10-3-4-11-22;/h1-2,5-9,12,20H,3-4,10-11,13H2,(H,21,24);1H/p-1. The summed E-state index contributed by atoms with van der Waals surface area (Å²) in [4.78, 5) is 12.8. The summed E-state index contributed by atoms with van der Waals surface area (Å²) < 4.78 is 26.9. The Labute approximate surface area is 174 Å². The monoisotopic (exact) mass is 463 g/mol. The molecule has 148 valence electrons. The summed E-state index contributed by atoms with van der Waals surface area (Å²) in [6.45, 7) is 1.44. The van der Waals surface area contributed by atoms with Crippen LogP contribution >= 0.6 is 0 Å². The van der Waals surface area contributed by atoms with Crippen molar-refractivity contribution in [2.24, 2.45) is 0 Å². The summed E-state index contributed by atoms with van der Waals surface area (Å²) in [6, 6.07) is 13.6. The molecule has 0 bridgehead atoms. The number of rotatable bonds is 4. The van der Waals surface area contributed by atoms with E-state index in [1.165, 1.54) is 21.4 Å². The molecule has 2 aliphatic rings. The average molecular weight is 464 g/mol. The summed E-state index contributed by atoms with van der Waals surface area (Å²) in [7, 11) is -3.58. The van der Waals surface area contributed by atoms with Crippen molar-refractivity contribution in [1.29, 1.82) is 5.41 Å². The molecule has 0 aromatic heterocycles. The highest BCUT2D eigenvalue weighted by atomic mass is 79.9. The van der Waals surface area contributed by atoms with Gasteiger partial charge in [0.1, 0.15) is 5.84 Å². The van der Waals surface area contributed by atoms with Crippen LogP contribution < -0.4 is 22.4 Å². The van der Waals surface area contributed by atoms with Crippen molar-refractivity contribution < 1.29 is 30.2 Å². The Kier molecular flexibility index (Phi) is 5.87. The number of hydrogen-bond donors (Lipinski definition) is 2. The predicted molar refractivity (Wildman–Crippen MR) is 101 cm³/mol. The number of carbonyl (C=O) groups excluding carboxylic acids is 1. The van der Waals surface area contributed by atoms with Crippen molar-refractivity contribution in [3.05, 3.63) is 65.2 Å². The number of fused-ring (bicyclic) bond motifs is 1. The van der Waals surface area contributed by atoms with E-state index in [0.717, 1.165) is 24.0 Å². The van der Waals surface area contributed by atoms with Gasteiger partial charge in [-0.15, -0.1) is 0 Å². The molecule has 0 aliphatic carbocycles. The topological polar surface area (TPSA) is 93.6 Å². The van der Waals surface area contributed by atoms with Crippen molar-refractivity contribution in [3.63, 3.8) is 0 Å². The molecule has 2 aromatic rings. The molecule has 0 saturated carbocycles.